The Hall–Kier alpha value is -0.660. The smallest absolute Gasteiger partial charge is 0.101 e. The van der Waals surface area contributed by atoms with E-state index in [4.69, 9.17) is 0 Å². The monoisotopic (exact) mass is 575 g/mol. The molecular weight excluding hydrogens is 496 g/mol. The topological polar surface area (TPSA) is 6.48 Å². The minimum absolute atomic E-state index is 0.641. The fraction of sp³-hybridized carbons (Fsp3) is 0.949. The van der Waals surface area contributed by atoms with Crippen molar-refractivity contribution in [2.75, 3.05) is 13.1 Å². The molecule has 1 rings (SSSR count). The van der Waals surface area contributed by atoms with E-state index < -0.39 is 0 Å². The third-order valence-electron chi connectivity index (χ3n) is 9.57. The second-order valence-corrected chi connectivity index (χ2v) is 13.6. The van der Waals surface area contributed by atoms with E-state index in [2.05, 4.69) is 43.0 Å². The molecule has 0 amide bonds. The molecule has 0 bridgehead atoms. The molecule has 0 aliphatic carbocycles. The summed E-state index contributed by atoms with van der Waals surface area (Å²) in [6, 6.07) is 0. The van der Waals surface area contributed by atoms with Gasteiger partial charge in [-0.15, -0.1) is 0 Å². The Morgan fingerprint density at radius 3 is 0.854 bits per heavy atom. The van der Waals surface area contributed by atoms with E-state index >= 15 is 0 Å². The molecule has 0 aromatic heterocycles. The van der Waals surface area contributed by atoms with Gasteiger partial charge in [-0.05, 0) is 25.7 Å². The normalized spacial score (nSPS) is 15.0. The van der Waals surface area contributed by atoms with Gasteiger partial charge in [0.1, 0.15) is 6.17 Å². The summed E-state index contributed by atoms with van der Waals surface area (Å²) in [5.74, 6) is 0. The molecule has 0 saturated heterocycles. The first-order valence-corrected chi connectivity index (χ1v) is 19.5. The Morgan fingerprint density at radius 2 is 0.561 bits per heavy atom. The van der Waals surface area contributed by atoms with E-state index in [0.717, 1.165) is 0 Å². The van der Waals surface area contributed by atoms with E-state index in [1.807, 2.05) is 0 Å². The van der Waals surface area contributed by atoms with Crippen LogP contribution in [0.15, 0.2) is 12.4 Å². The van der Waals surface area contributed by atoms with Crippen molar-refractivity contribution >= 4 is 0 Å². The molecule has 1 heterocycles. The molecule has 0 aromatic rings. The Bertz CT molecular complexity index is 530. The Balaban J connectivity index is 2.10. The van der Waals surface area contributed by atoms with E-state index in [-0.39, 0.29) is 0 Å². The van der Waals surface area contributed by atoms with Crippen molar-refractivity contribution in [2.24, 2.45) is 0 Å². The van der Waals surface area contributed by atoms with Crippen molar-refractivity contribution in [1.82, 2.24) is 9.80 Å². The first-order valence-electron chi connectivity index (χ1n) is 19.5. The summed E-state index contributed by atoms with van der Waals surface area (Å²) < 4.78 is 0. The standard InChI is InChI=1S/C39H78N2/c1-4-7-10-13-16-17-18-19-20-21-22-23-24-25-27-30-33-36-41-38-37-40(35-32-29-15-12-9-6-3)39(41)34-31-28-26-14-11-8-5-2/h37-39H,4-36H2,1-3H3. The average molecular weight is 575 g/mol. The molecule has 1 aliphatic heterocycles. The van der Waals surface area contributed by atoms with Crippen LogP contribution in [0.2, 0.25) is 0 Å². The predicted octanol–water partition coefficient (Wildman–Crippen LogP) is 13.6. The van der Waals surface area contributed by atoms with Crippen LogP contribution in [0.1, 0.15) is 220 Å². The maximum absolute atomic E-state index is 2.71. The molecule has 2 heteroatoms. The van der Waals surface area contributed by atoms with Gasteiger partial charge < -0.3 is 9.80 Å². The van der Waals surface area contributed by atoms with Gasteiger partial charge in [-0.1, -0.05) is 194 Å². The predicted molar refractivity (Wildman–Crippen MR) is 186 cm³/mol. The summed E-state index contributed by atoms with van der Waals surface area (Å²) in [5.41, 5.74) is 0. The summed E-state index contributed by atoms with van der Waals surface area (Å²) >= 11 is 0. The molecule has 0 fully saturated rings. The first kappa shape index (κ1) is 38.4. The molecule has 0 spiro atoms. The molecular formula is C39H78N2. The molecule has 0 aromatic carbocycles. The highest BCUT2D eigenvalue weighted by Crippen LogP contribution is 2.24. The molecule has 1 atom stereocenters. The van der Waals surface area contributed by atoms with Gasteiger partial charge in [0.15, 0.2) is 0 Å². The highest BCUT2D eigenvalue weighted by Gasteiger charge is 2.24. The Morgan fingerprint density at radius 1 is 0.317 bits per heavy atom. The Kier molecular flexibility index (Phi) is 28.8. The highest BCUT2D eigenvalue weighted by molar-refractivity contribution is 4.97. The number of nitrogens with zero attached hydrogens (tertiary/aromatic N) is 2. The van der Waals surface area contributed by atoms with Crippen LogP contribution in [0.4, 0.5) is 0 Å². The van der Waals surface area contributed by atoms with Crippen LogP contribution in [0.3, 0.4) is 0 Å². The average Bonchev–Trinajstić information content (AvgIpc) is 3.37. The number of unbranched alkanes of at least 4 members (excludes halogenated alkanes) is 27. The minimum atomic E-state index is 0.641. The maximum atomic E-state index is 2.71. The molecule has 1 unspecified atom stereocenters. The SMILES string of the molecule is CCCCCCCCCCCCCCCCCCCN1C=CN(CCCCCCCC)C1CCCCCCCCC. The van der Waals surface area contributed by atoms with Crippen molar-refractivity contribution in [3.05, 3.63) is 12.4 Å². The van der Waals surface area contributed by atoms with Crippen LogP contribution in [-0.4, -0.2) is 29.1 Å². The van der Waals surface area contributed by atoms with E-state index in [9.17, 15) is 0 Å². The second kappa shape index (κ2) is 30.8. The van der Waals surface area contributed by atoms with Crippen LogP contribution < -0.4 is 0 Å². The number of rotatable bonds is 33. The molecule has 0 N–H and O–H groups in total. The summed E-state index contributed by atoms with van der Waals surface area (Å²) in [7, 11) is 0. The third-order valence-corrected chi connectivity index (χ3v) is 9.57. The fourth-order valence-electron chi connectivity index (χ4n) is 6.72. The molecule has 41 heavy (non-hydrogen) atoms. The minimum Gasteiger partial charge on any atom is -0.356 e. The molecule has 1 aliphatic rings. The quantitative estimate of drug-likeness (QED) is 0.0719. The number of hydrogen-bond acceptors (Lipinski definition) is 2. The van der Waals surface area contributed by atoms with Crippen molar-refractivity contribution in [1.29, 1.82) is 0 Å². The second-order valence-electron chi connectivity index (χ2n) is 13.6. The van der Waals surface area contributed by atoms with Gasteiger partial charge in [0.05, 0.1) is 0 Å². The lowest BCUT2D eigenvalue weighted by Gasteiger charge is -2.33. The molecule has 0 saturated carbocycles. The van der Waals surface area contributed by atoms with Crippen molar-refractivity contribution < 1.29 is 0 Å². The molecule has 244 valence electrons. The Labute approximate surface area is 260 Å². The first-order chi connectivity index (χ1) is 20.3. The van der Waals surface area contributed by atoms with Gasteiger partial charge in [-0.25, -0.2) is 0 Å². The zero-order valence-electron chi connectivity index (χ0n) is 29.0. The zero-order chi connectivity index (χ0) is 29.5. The van der Waals surface area contributed by atoms with Crippen molar-refractivity contribution in [2.45, 2.75) is 226 Å². The lowest BCUT2D eigenvalue weighted by Crippen LogP contribution is -2.39. The van der Waals surface area contributed by atoms with Gasteiger partial charge in [-0.2, -0.15) is 0 Å². The summed E-state index contributed by atoms with van der Waals surface area (Å²) in [6.07, 6.45) is 49.9. The molecule has 2 nitrogen and oxygen atoms in total. The lowest BCUT2D eigenvalue weighted by atomic mass is 10.0. The largest absolute Gasteiger partial charge is 0.356 e. The van der Waals surface area contributed by atoms with Crippen LogP contribution in [-0.2, 0) is 0 Å². The van der Waals surface area contributed by atoms with E-state index in [0.29, 0.717) is 6.17 Å². The number of hydrogen-bond donors (Lipinski definition) is 0. The van der Waals surface area contributed by atoms with E-state index in [1.165, 1.54) is 212 Å². The lowest BCUT2D eigenvalue weighted by molar-refractivity contribution is 0.135. The van der Waals surface area contributed by atoms with Gasteiger partial charge in [0.2, 0.25) is 0 Å². The van der Waals surface area contributed by atoms with Gasteiger partial charge >= 0.3 is 0 Å². The van der Waals surface area contributed by atoms with E-state index in [1.54, 1.807) is 0 Å². The zero-order valence-corrected chi connectivity index (χ0v) is 29.0. The van der Waals surface area contributed by atoms with Gasteiger partial charge in [0.25, 0.3) is 0 Å². The molecule has 0 radical (unpaired) electrons. The van der Waals surface area contributed by atoms with Crippen LogP contribution in [0.25, 0.3) is 0 Å². The van der Waals surface area contributed by atoms with Crippen LogP contribution in [0.5, 0.6) is 0 Å². The highest BCUT2D eigenvalue weighted by atomic mass is 15.4. The van der Waals surface area contributed by atoms with Crippen molar-refractivity contribution in [3.8, 4) is 0 Å². The van der Waals surface area contributed by atoms with Gasteiger partial charge in [0, 0.05) is 25.5 Å². The summed E-state index contributed by atoms with van der Waals surface area (Å²) in [5, 5.41) is 0. The van der Waals surface area contributed by atoms with Crippen molar-refractivity contribution in [3.63, 3.8) is 0 Å². The fourth-order valence-corrected chi connectivity index (χ4v) is 6.72. The van der Waals surface area contributed by atoms with Crippen LogP contribution in [0, 0.1) is 0 Å². The third kappa shape index (κ3) is 23.5. The maximum Gasteiger partial charge on any atom is 0.101 e. The summed E-state index contributed by atoms with van der Waals surface area (Å²) in [4.78, 5) is 5.41. The van der Waals surface area contributed by atoms with Crippen LogP contribution >= 0.6 is 0 Å². The van der Waals surface area contributed by atoms with Gasteiger partial charge in [-0.3, -0.25) is 0 Å². The summed E-state index contributed by atoms with van der Waals surface area (Å²) in [6.45, 7) is 9.48.